The van der Waals surface area contributed by atoms with E-state index in [4.69, 9.17) is 4.98 Å². The quantitative estimate of drug-likeness (QED) is 0.616. The van der Waals surface area contributed by atoms with E-state index in [9.17, 15) is 12.8 Å². The summed E-state index contributed by atoms with van der Waals surface area (Å²) in [7, 11) is -3.52. The molecule has 3 heterocycles. The van der Waals surface area contributed by atoms with Gasteiger partial charge in [0.05, 0.1) is 23.0 Å². The van der Waals surface area contributed by atoms with E-state index in [-0.39, 0.29) is 11.7 Å². The van der Waals surface area contributed by atoms with Crippen molar-refractivity contribution in [2.75, 3.05) is 13.1 Å². The fourth-order valence-corrected chi connectivity index (χ4v) is 5.55. The van der Waals surface area contributed by atoms with Crippen LogP contribution in [0.1, 0.15) is 37.6 Å². The summed E-state index contributed by atoms with van der Waals surface area (Å²) in [5.74, 6) is 0.770. The lowest BCUT2D eigenvalue weighted by Crippen LogP contribution is -2.30. The summed E-state index contributed by atoms with van der Waals surface area (Å²) in [6.07, 6.45) is 4.27. The minimum atomic E-state index is -3.52. The second kappa shape index (κ2) is 7.84. The van der Waals surface area contributed by atoms with Crippen LogP contribution in [-0.4, -0.2) is 40.3 Å². The Morgan fingerprint density at radius 2 is 2.10 bits per heavy atom. The van der Waals surface area contributed by atoms with Crippen molar-refractivity contribution in [3.63, 3.8) is 0 Å². The Bertz CT molecular complexity index is 1130. The molecule has 0 spiro atoms. The summed E-state index contributed by atoms with van der Waals surface area (Å²) in [5.41, 5.74) is 2.33. The molecule has 6 nitrogen and oxygen atoms in total. The molecule has 1 unspecified atom stereocenters. The van der Waals surface area contributed by atoms with Gasteiger partial charge in [-0.3, -0.25) is 4.98 Å². The smallest absolute Gasteiger partial charge is 0.218 e. The highest BCUT2D eigenvalue weighted by atomic mass is 32.2. The molecule has 1 aromatic carbocycles. The number of fused-ring (bicyclic) bond motifs is 1. The molecular weight excluding hydrogens is 391 g/mol. The fraction of sp³-hybridized carbons (Fsp3) is 0.429. The number of pyridine rings is 1. The molecule has 0 radical (unpaired) electrons. The van der Waals surface area contributed by atoms with Crippen LogP contribution in [-0.2, 0) is 22.3 Å². The second-order valence-corrected chi connectivity index (χ2v) is 10.0. The molecule has 1 atom stereocenters. The molecular formula is C21H25FN4O2S. The van der Waals surface area contributed by atoms with Crippen LogP contribution in [0.3, 0.4) is 0 Å². The van der Waals surface area contributed by atoms with Crippen LogP contribution in [0.25, 0.3) is 11.0 Å². The van der Waals surface area contributed by atoms with Gasteiger partial charge in [-0.2, -0.15) is 0 Å². The Balaban J connectivity index is 1.58. The van der Waals surface area contributed by atoms with Crippen molar-refractivity contribution < 1.29 is 12.8 Å². The minimum Gasteiger partial charge on any atom is -0.326 e. The van der Waals surface area contributed by atoms with E-state index in [0.717, 1.165) is 29.8 Å². The summed E-state index contributed by atoms with van der Waals surface area (Å²) in [6, 6.07) is 7.66. The van der Waals surface area contributed by atoms with E-state index in [2.05, 4.69) is 23.4 Å². The molecule has 4 rings (SSSR count). The number of hydrogen-bond acceptors (Lipinski definition) is 4. The lowest BCUT2D eigenvalue weighted by atomic mass is 10.1. The molecule has 1 aliphatic heterocycles. The fourth-order valence-electron chi connectivity index (χ4n) is 3.98. The number of nitrogens with zero attached hydrogens (tertiary/aromatic N) is 4. The minimum absolute atomic E-state index is 0.0310. The van der Waals surface area contributed by atoms with Crippen LogP contribution in [0.4, 0.5) is 4.39 Å². The maximum absolute atomic E-state index is 13.4. The Hall–Kier alpha value is -2.32. The molecule has 0 N–H and O–H groups in total. The molecule has 1 aliphatic rings. The summed E-state index contributed by atoms with van der Waals surface area (Å²) in [5, 5.41) is 0. The van der Waals surface area contributed by atoms with Crippen LogP contribution in [0.5, 0.6) is 0 Å². The zero-order valence-electron chi connectivity index (χ0n) is 16.6. The van der Waals surface area contributed by atoms with E-state index in [1.165, 1.54) is 22.5 Å². The van der Waals surface area contributed by atoms with Crippen molar-refractivity contribution in [2.24, 2.45) is 5.92 Å². The van der Waals surface area contributed by atoms with Gasteiger partial charge < -0.3 is 4.57 Å². The van der Waals surface area contributed by atoms with Gasteiger partial charge in [0.15, 0.2) is 0 Å². The third-order valence-electron chi connectivity index (χ3n) is 5.28. The van der Waals surface area contributed by atoms with Crippen LogP contribution >= 0.6 is 0 Å². The largest absolute Gasteiger partial charge is 0.326 e. The molecule has 3 aromatic rings. The Morgan fingerprint density at radius 3 is 2.86 bits per heavy atom. The predicted octanol–water partition coefficient (Wildman–Crippen LogP) is 3.55. The maximum Gasteiger partial charge on any atom is 0.218 e. The molecule has 0 aliphatic carbocycles. The Kier molecular flexibility index (Phi) is 5.40. The highest BCUT2D eigenvalue weighted by Gasteiger charge is 2.34. The van der Waals surface area contributed by atoms with Crippen molar-refractivity contribution in [2.45, 2.75) is 38.5 Å². The molecule has 154 valence electrons. The zero-order valence-corrected chi connectivity index (χ0v) is 17.4. The summed E-state index contributed by atoms with van der Waals surface area (Å²) >= 11 is 0. The first-order valence-electron chi connectivity index (χ1n) is 9.86. The number of halogens is 1. The topological polar surface area (TPSA) is 68.1 Å². The summed E-state index contributed by atoms with van der Waals surface area (Å²) < 4.78 is 42.9. The number of hydrogen-bond donors (Lipinski definition) is 0. The van der Waals surface area contributed by atoms with Gasteiger partial charge in [-0.25, -0.2) is 22.1 Å². The van der Waals surface area contributed by atoms with Crippen molar-refractivity contribution >= 4 is 21.1 Å². The van der Waals surface area contributed by atoms with Crippen LogP contribution in [0, 0.1) is 11.7 Å². The molecule has 1 saturated heterocycles. The zero-order chi connectivity index (χ0) is 20.6. The second-order valence-electron chi connectivity index (χ2n) is 8.07. The average molecular weight is 417 g/mol. The highest BCUT2D eigenvalue weighted by molar-refractivity contribution is 7.88. The van der Waals surface area contributed by atoms with Gasteiger partial charge in [-0.1, -0.05) is 26.0 Å². The number of benzene rings is 1. The average Bonchev–Trinajstić information content (AvgIpc) is 3.27. The highest BCUT2D eigenvalue weighted by Crippen LogP contribution is 2.32. The molecule has 29 heavy (non-hydrogen) atoms. The van der Waals surface area contributed by atoms with Gasteiger partial charge in [-0.15, -0.1) is 0 Å². The van der Waals surface area contributed by atoms with Gasteiger partial charge in [0.25, 0.3) is 0 Å². The first-order valence-corrected chi connectivity index (χ1v) is 11.5. The predicted molar refractivity (Wildman–Crippen MR) is 110 cm³/mol. The lowest BCUT2D eigenvalue weighted by molar-refractivity contribution is 0.462. The van der Waals surface area contributed by atoms with E-state index in [1.807, 2.05) is 12.3 Å². The van der Waals surface area contributed by atoms with E-state index < -0.39 is 15.8 Å². The van der Waals surface area contributed by atoms with Gasteiger partial charge in [0.2, 0.25) is 10.0 Å². The molecule has 8 heteroatoms. The number of aromatic nitrogens is 3. The molecule has 0 bridgehead atoms. The first kappa shape index (κ1) is 20.0. The third-order valence-corrected chi connectivity index (χ3v) is 7.09. The lowest BCUT2D eigenvalue weighted by Gasteiger charge is -2.18. The van der Waals surface area contributed by atoms with Crippen LogP contribution in [0.15, 0.2) is 42.7 Å². The summed E-state index contributed by atoms with van der Waals surface area (Å²) in [4.78, 5) is 9.04. The van der Waals surface area contributed by atoms with Crippen LogP contribution < -0.4 is 0 Å². The van der Waals surface area contributed by atoms with Gasteiger partial charge >= 0.3 is 0 Å². The van der Waals surface area contributed by atoms with Crippen LogP contribution in [0.2, 0.25) is 0 Å². The number of rotatable bonds is 6. The van der Waals surface area contributed by atoms with Crippen molar-refractivity contribution in [1.82, 2.24) is 18.8 Å². The Labute approximate surface area is 170 Å². The van der Waals surface area contributed by atoms with Gasteiger partial charge in [-0.05, 0) is 36.1 Å². The van der Waals surface area contributed by atoms with E-state index in [0.29, 0.717) is 24.6 Å². The molecule has 2 aromatic heterocycles. The molecule has 0 saturated carbocycles. The van der Waals surface area contributed by atoms with Crippen molar-refractivity contribution in [1.29, 1.82) is 0 Å². The Morgan fingerprint density at radius 1 is 1.28 bits per heavy atom. The first-order chi connectivity index (χ1) is 13.8. The maximum atomic E-state index is 13.4. The van der Waals surface area contributed by atoms with Crippen molar-refractivity contribution in [3.05, 3.63) is 59.9 Å². The third kappa shape index (κ3) is 4.18. The normalized spacial score (nSPS) is 18.1. The van der Waals surface area contributed by atoms with E-state index in [1.54, 1.807) is 12.3 Å². The summed E-state index contributed by atoms with van der Waals surface area (Å²) in [6.45, 7) is 5.95. The van der Waals surface area contributed by atoms with E-state index >= 15 is 0 Å². The van der Waals surface area contributed by atoms with Gasteiger partial charge in [0, 0.05) is 31.7 Å². The monoisotopic (exact) mass is 416 g/mol. The van der Waals surface area contributed by atoms with Crippen molar-refractivity contribution in [3.8, 4) is 0 Å². The molecule has 0 amide bonds. The number of imidazole rings is 1. The SMILES string of the molecule is CC(C)Cn1c(C2CCN(S(=O)(=O)Cc3cccc(F)c3)C2)nc2ccncc21. The molecule has 1 fully saturated rings. The number of sulfonamides is 1. The van der Waals surface area contributed by atoms with Gasteiger partial charge in [0.1, 0.15) is 11.6 Å². The standard InChI is InChI=1S/C21H25FN4O2S/c1-15(2)12-26-20-11-23-8-6-19(20)24-21(26)17-7-9-25(13-17)29(27,28)14-16-4-3-5-18(22)10-16/h3-6,8,10-11,15,17H,7,9,12-14H2,1-2H3.